The van der Waals surface area contributed by atoms with Crippen molar-refractivity contribution in [3.8, 4) is 0 Å². The number of hydrogen-bond donors (Lipinski definition) is 1. The highest BCUT2D eigenvalue weighted by Gasteiger charge is 2.36. The summed E-state index contributed by atoms with van der Waals surface area (Å²) in [7, 11) is -3.44. The number of nitrogens with zero attached hydrogens (tertiary/aromatic N) is 3. The van der Waals surface area contributed by atoms with Crippen molar-refractivity contribution in [2.45, 2.75) is 32.7 Å². The van der Waals surface area contributed by atoms with E-state index in [2.05, 4.69) is 18.7 Å². The van der Waals surface area contributed by atoms with Crippen molar-refractivity contribution < 1.29 is 18.3 Å². The van der Waals surface area contributed by atoms with Crippen LogP contribution in [0.4, 0.5) is 0 Å². The quantitative estimate of drug-likeness (QED) is 0.792. The topological polar surface area (TPSA) is 81.2 Å². The number of hydrogen-bond acceptors (Lipinski definition) is 4. The fourth-order valence-electron chi connectivity index (χ4n) is 2.95. The van der Waals surface area contributed by atoms with Gasteiger partial charge in [-0.15, -0.1) is 0 Å². The SMILES string of the molecule is CC(C)N1CCN(S(=O)(=O)N2CCC(C(=O)O)CC2)CC1. The summed E-state index contributed by atoms with van der Waals surface area (Å²) in [6.45, 7) is 7.37. The largest absolute Gasteiger partial charge is 0.481 e. The maximum Gasteiger partial charge on any atom is 0.306 e. The average Bonchev–Trinajstić information content (AvgIpc) is 2.47. The first kappa shape index (κ1) is 16.7. The van der Waals surface area contributed by atoms with Crippen molar-refractivity contribution in [2.75, 3.05) is 39.3 Å². The lowest BCUT2D eigenvalue weighted by Gasteiger charge is -2.39. The zero-order valence-corrected chi connectivity index (χ0v) is 13.5. The predicted molar refractivity (Wildman–Crippen MR) is 79.1 cm³/mol. The van der Waals surface area contributed by atoms with Crippen LogP contribution < -0.4 is 0 Å². The molecule has 21 heavy (non-hydrogen) atoms. The molecule has 7 nitrogen and oxygen atoms in total. The zero-order chi connectivity index (χ0) is 15.6. The Bertz CT molecular complexity index is 464. The molecule has 0 aromatic heterocycles. The fourth-order valence-corrected chi connectivity index (χ4v) is 4.57. The fraction of sp³-hybridized carbons (Fsp3) is 0.923. The van der Waals surface area contributed by atoms with Crippen molar-refractivity contribution in [1.82, 2.24) is 13.5 Å². The average molecular weight is 319 g/mol. The third-order valence-electron chi connectivity index (χ3n) is 4.46. The maximum absolute atomic E-state index is 12.6. The van der Waals surface area contributed by atoms with E-state index in [0.717, 1.165) is 13.1 Å². The number of carboxylic acid groups (broad SMARTS) is 1. The van der Waals surface area contributed by atoms with Crippen LogP contribution in [0, 0.1) is 5.92 Å². The molecule has 2 aliphatic heterocycles. The molecule has 8 heteroatoms. The highest BCUT2D eigenvalue weighted by molar-refractivity contribution is 7.86. The molecule has 2 aliphatic rings. The summed E-state index contributed by atoms with van der Waals surface area (Å²) in [5.41, 5.74) is 0. The lowest BCUT2D eigenvalue weighted by molar-refractivity contribution is -0.142. The minimum Gasteiger partial charge on any atom is -0.481 e. The Morgan fingerprint density at radius 3 is 1.90 bits per heavy atom. The second-order valence-corrected chi connectivity index (χ2v) is 7.98. The molecule has 122 valence electrons. The lowest BCUT2D eigenvalue weighted by atomic mass is 9.99. The molecule has 0 aliphatic carbocycles. The Morgan fingerprint density at radius 1 is 1.00 bits per heavy atom. The molecule has 0 amide bonds. The first-order chi connectivity index (χ1) is 9.82. The number of aliphatic carboxylic acids is 1. The van der Waals surface area contributed by atoms with E-state index in [9.17, 15) is 13.2 Å². The van der Waals surface area contributed by atoms with Crippen LogP contribution in [0.15, 0.2) is 0 Å². The van der Waals surface area contributed by atoms with E-state index in [0.29, 0.717) is 45.1 Å². The van der Waals surface area contributed by atoms with E-state index in [4.69, 9.17) is 5.11 Å². The molecule has 0 unspecified atom stereocenters. The summed E-state index contributed by atoms with van der Waals surface area (Å²) in [6, 6.07) is 0.432. The van der Waals surface area contributed by atoms with Crippen molar-refractivity contribution in [3.63, 3.8) is 0 Å². The smallest absolute Gasteiger partial charge is 0.306 e. The Labute approximate surface area is 126 Å². The van der Waals surface area contributed by atoms with Gasteiger partial charge < -0.3 is 5.11 Å². The highest BCUT2D eigenvalue weighted by Crippen LogP contribution is 2.22. The van der Waals surface area contributed by atoms with Gasteiger partial charge in [0.05, 0.1) is 5.92 Å². The Morgan fingerprint density at radius 2 is 1.48 bits per heavy atom. The number of piperidine rings is 1. The van der Waals surface area contributed by atoms with Gasteiger partial charge in [-0.25, -0.2) is 0 Å². The molecule has 2 saturated heterocycles. The molecule has 2 heterocycles. The van der Waals surface area contributed by atoms with Gasteiger partial charge in [-0.1, -0.05) is 0 Å². The van der Waals surface area contributed by atoms with E-state index < -0.39 is 22.1 Å². The molecule has 2 rings (SSSR count). The molecule has 0 spiro atoms. The van der Waals surface area contributed by atoms with Gasteiger partial charge in [0, 0.05) is 45.3 Å². The summed E-state index contributed by atoms with van der Waals surface area (Å²) in [6.07, 6.45) is 0.807. The van der Waals surface area contributed by atoms with Crippen molar-refractivity contribution in [1.29, 1.82) is 0 Å². The van der Waals surface area contributed by atoms with Gasteiger partial charge in [-0.3, -0.25) is 9.69 Å². The summed E-state index contributed by atoms with van der Waals surface area (Å²) >= 11 is 0. The van der Waals surface area contributed by atoms with Gasteiger partial charge >= 0.3 is 5.97 Å². The van der Waals surface area contributed by atoms with Crippen LogP contribution in [0.2, 0.25) is 0 Å². The molecule has 0 aromatic carbocycles. The van der Waals surface area contributed by atoms with Gasteiger partial charge in [0.15, 0.2) is 0 Å². The number of piperazine rings is 1. The highest BCUT2D eigenvalue weighted by atomic mass is 32.2. The third-order valence-corrected chi connectivity index (χ3v) is 6.49. The molecular weight excluding hydrogens is 294 g/mol. The van der Waals surface area contributed by atoms with E-state index in [1.807, 2.05) is 0 Å². The molecule has 2 fully saturated rings. The van der Waals surface area contributed by atoms with Crippen molar-refractivity contribution in [3.05, 3.63) is 0 Å². The Balaban J connectivity index is 1.93. The third kappa shape index (κ3) is 3.74. The van der Waals surface area contributed by atoms with Gasteiger partial charge in [0.2, 0.25) is 0 Å². The van der Waals surface area contributed by atoms with Crippen LogP contribution >= 0.6 is 0 Å². The Kier molecular flexibility index (Phi) is 5.24. The lowest BCUT2D eigenvalue weighted by Crippen LogP contribution is -2.55. The standard InChI is InChI=1S/C13H25N3O4S/c1-11(2)14-7-9-16(10-8-14)21(19,20)15-5-3-12(4-6-15)13(17)18/h11-12H,3-10H2,1-2H3,(H,17,18). The molecule has 0 bridgehead atoms. The summed E-state index contributed by atoms with van der Waals surface area (Å²) < 4.78 is 28.1. The zero-order valence-electron chi connectivity index (χ0n) is 12.7. The van der Waals surface area contributed by atoms with Crippen molar-refractivity contribution >= 4 is 16.2 Å². The van der Waals surface area contributed by atoms with Crippen LogP contribution in [0.3, 0.4) is 0 Å². The molecule has 0 radical (unpaired) electrons. The summed E-state index contributed by atoms with van der Waals surface area (Å²) in [5.74, 6) is -1.23. The van der Waals surface area contributed by atoms with Crippen LogP contribution in [-0.2, 0) is 15.0 Å². The van der Waals surface area contributed by atoms with Crippen molar-refractivity contribution in [2.24, 2.45) is 5.92 Å². The first-order valence-electron chi connectivity index (χ1n) is 7.54. The monoisotopic (exact) mass is 319 g/mol. The van der Waals surface area contributed by atoms with E-state index in [1.165, 1.54) is 8.61 Å². The molecule has 0 atom stereocenters. The predicted octanol–water partition coefficient (Wildman–Crippen LogP) is 0.0538. The van der Waals surface area contributed by atoms with Crippen LogP contribution in [-0.4, -0.2) is 78.3 Å². The molecule has 1 N–H and O–H groups in total. The first-order valence-corrected chi connectivity index (χ1v) is 8.94. The van der Waals surface area contributed by atoms with Crippen LogP contribution in [0.25, 0.3) is 0 Å². The second kappa shape index (κ2) is 6.60. The molecular formula is C13H25N3O4S. The minimum absolute atomic E-state index is 0.309. The number of carbonyl (C=O) groups is 1. The Hall–Kier alpha value is -0.700. The number of rotatable bonds is 4. The maximum atomic E-state index is 12.6. The number of carboxylic acids is 1. The molecule has 0 saturated carbocycles. The van der Waals surface area contributed by atoms with Crippen LogP contribution in [0.5, 0.6) is 0 Å². The minimum atomic E-state index is -3.44. The summed E-state index contributed by atoms with van der Waals surface area (Å²) in [4.78, 5) is 13.2. The van der Waals surface area contributed by atoms with E-state index in [1.54, 1.807) is 0 Å². The van der Waals surface area contributed by atoms with Gasteiger partial charge in [-0.05, 0) is 26.7 Å². The van der Waals surface area contributed by atoms with E-state index in [-0.39, 0.29) is 0 Å². The normalized spacial score (nSPS) is 24.5. The van der Waals surface area contributed by atoms with Crippen LogP contribution in [0.1, 0.15) is 26.7 Å². The summed E-state index contributed by atoms with van der Waals surface area (Å²) in [5, 5.41) is 8.97. The molecule has 0 aromatic rings. The van der Waals surface area contributed by atoms with Gasteiger partial charge in [0.1, 0.15) is 0 Å². The van der Waals surface area contributed by atoms with Gasteiger partial charge in [0.25, 0.3) is 10.2 Å². The van der Waals surface area contributed by atoms with Gasteiger partial charge in [-0.2, -0.15) is 17.0 Å². The van der Waals surface area contributed by atoms with E-state index >= 15 is 0 Å². The second-order valence-electron chi connectivity index (χ2n) is 6.05.